The molecule has 1 aromatic heterocycles. The van der Waals surface area contributed by atoms with Crippen LogP contribution in [0, 0.1) is 11.8 Å². The monoisotopic (exact) mass is 498 g/mol. The third kappa shape index (κ3) is 6.56. The molecule has 1 aromatic carbocycles. The van der Waals surface area contributed by atoms with Crippen LogP contribution in [0.25, 0.3) is 0 Å². The molecule has 3 rings (SSSR count). The van der Waals surface area contributed by atoms with E-state index in [9.17, 15) is 31.5 Å². The highest BCUT2D eigenvalue weighted by Gasteiger charge is 2.54. The number of benzene rings is 1. The molecule has 2 aromatic rings. The number of nitrogens with zero attached hydrogens (tertiary/aromatic N) is 1. The van der Waals surface area contributed by atoms with Crippen molar-refractivity contribution in [3.63, 3.8) is 0 Å². The maximum absolute atomic E-state index is 13.6. The van der Waals surface area contributed by atoms with E-state index in [2.05, 4.69) is 10.3 Å². The number of rotatable bonds is 10. The standard InChI is InChI=1S/C24H29F3N2O4S/c1-16(2)11-12-23(31,24(25,26)27)19-6-8-20(9-7-19)29-21(30)13-18-5-10-22(28-14-18)34(32,33)15-17-3-4-17/h5-10,14,16-17,31H,3-4,11-13,15H2,1-2H3,(H,29,30). The Labute approximate surface area is 197 Å². The molecular formula is C24H29F3N2O4S. The van der Waals surface area contributed by atoms with Crippen LogP contribution >= 0.6 is 0 Å². The number of carbonyl (C=O) groups excluding carboxylic acids is 1. The lowest BCUT2D eigenvalue weighted by Gasteiger charge is -2.31. The highest BCUT2D eigenvalue weighted by atomic mass is 32.2. The quantitative estimate of drug-likeness (QED) is 0.498. The van der Waals surface area contributed by atoms with Gasteiger partial charge in [-0.1, -0.05) is 32.0 Å². The fourth-order valence-corrected chi connectivity index (χ4v) is 5.16. The number of aromatic nitrogens is 1. The molecule has 186 valence electrons. The number of carbonyl (C=O) groups is 1. The van der Waals surface area contributed by atoms with Gasteiger partial charge in [-0.15, -0.1) is 0 Å². The minimum Gasteiger partial charge on any atom is -0.376 e. The molecule has 1 heterocycles. The second-order valence-electron chi connectivity index (χ2n) is 9.32. The Morgan fingerprint density at radius 2 is 1.79 bits per heavy atom. The molecule has 6 nitrogen and oxygen atoms in total. The van der Waals surface area contributed by atoms with Gasteiger partial charge in [0.05, 0.1) is 12.2 Å². The zero-order valence-electron chi connectivity index (χ0n) is 19.1. The predicted molar refractivity (Wildman–Crippen MR) is 122 cm³/mol. The number of alkyl halides is 3. The molecule has 1 amide bonds. The molecule has 10 heteroatoms. The Morgan fingerprint density at radius 1 is 1.15 bits per heavy atom. The SMILES string of the molecule is CC(C)CCC(O)(c1ccc(NC(=O)Cc2ccc(S(=O)(=O)CC3CC3)nc2)cc1)C(F)(F)F. The molecule has 1 fully saturated rings. The number of hydrogen-bond acceptors (Lipinski definition) is 5. The third-order valence-electron chi connectivity index (χ3n) is 5.83. The fourth-order valence-electron chi connectivity index (χ4n) is 3.55. The maximum Gasteiger partial charge on any atom is 0.421 e. The van der Waals surface area contributed by atoms with Gasteiger partial charge in [0, 0.05) is 11.9 Å². The van der Waals surface area contributed by atoms with Gasteiger partial charge < -0.3 is 10.4 Å². The second-order valence-corrected chi connectivity index (χ2v) is 11.3. The minimum atomic E-state index is -4.84. The molecule has 1 aliphatic rings. The summed E-state index contributed by atoms with van der Waals surface area (Å²) in [5, 5.41) is 13.0. The second kappa shape index (κ2) is 10.0. The van der Waals surface area contributed by atoms with Crippen LogP contribution in [-0.4, -0.2) is 36.3 Å². The highest BCUT2D eigenvalue weighted by Crippen LogP contribution is 2.43. The van der Waals surface area contributed by atoms with Crippen molar-refractivity contribution in [3.8, 4) is 0 Å². The molecule has 0 radical (unpaired) electrons. The van der Waals surface area contributed by atoms with Crippen LogP contribution < -0.4 is 5.32 Å². The predicted octanol–water partition coefficient (Wildman–Crippen LogP) is 4.63. The first-order valence-electron chi connectivity index (χ1n) is 11.2. The van der Waals surface area contributed by atoms with E-state index in [0.29, 0.717) is 5.56 Å². The van der Waals surface area contributed by atoms with E-state index in [1.807, 2.05) is 0 Å². The van der Waals surface area contributed by atoms with E-state index in [1.165, 1.54) is 30.5 Å². The fraction of sp³-hybridized carbons (Fsp3) is 0.500. The molecule has 1 atom stereocenters. The maximum atomic E-state index is 13.6. The van der Waals surface area contributed by atoms with Gasteiger partial charge >= 0.3 is 6.18 Å². The molecule has 0 aliphatic heterocycles. The molecule has 0 bridgehead atoms. The van der Waals surface area contributed by atoms with Crippen molar-refractivity contribution in [2.24, 2.45) is 11.8 Å². The normalized spacial score (nSPS) is 16.3. The first kappa shape index (κ1) is 26.2. The van der Waals surface area contributed by atoms with Crippen molar-refractivity contribution in [1.82, 2.24) is 4.98 Å². The van der Waals surface area contributed by atoms with Crippen molar-refractivity contribution >= 4 is 21.4 Å². The van der Waals surface area contributed by atoms with E-state index < -0.39 is 33.9 Å². The van der Waals surface area contributed by atoms with Gasteiger partial charge in [0.25, 0.3) is 0 Å². The number of sulfone groups is 1. The molecule has 2 N–H and O–H groups in total. The topological polar surface area (TPSA) is 96.4 Å². The highest BCUT2D eigenvalue weighted by molar-refractivity contribution is 7.91. The molecule has 1 saturated carbocycles. The van der Waals surface area contributed by atoms with Crippen LogP contribution in [0.15, 0.2) is 47.6 Å². The van der Waals surface area contributed by atoms with Gasteiger partial charge in [-0.25, -0.2) is 13.4 Å². The summed E-state index contributed by atoms with van der Waals surface area (Å²) in [6, 6.07) is 7.84. The molecular weight excluding hydrogens is 469 g/mol. The Kier molecular flexibility index (Phi) is 7.72. The first-order valence-corrected chi connectivity index (χ1v) is 12.8. The minimum absolute atomic E-state index is 0.00528. The van der Waals surface area contributed by atoms with Crippen LogP contribution in [0.5, 0.6) is 0 Å². The summed E-state index contributed by atoms with van der Waals surface area (Å²) < 4.78 is 65.3. The lowest BCUT2D eigenvalue weighted by atomic mass is 9.86. The Balaban J connectivity index is 1.63. The van der Waals surface area contributed by atoms with Crippen molar-refractivity contribution in [3.05, 3.63) is 53.7 Å². The number of pyridine rings is 1. The largest absolute Gasteiger partial charge is 0.421 e. The van der Waals surface area contributed by atoms with Gasteiger partial charge in [0.1, 0.15) is 0 Å². The summed E-state index contributed by atoms with van der Waals surface area (Å²) in [5.41, 5.74) is -2.48. The average molecular weight is 499 g/mol. The molecule has 34 heavy (non-hydrogen) atoms. The van der Waals surface area contributed by atoms with Crippen molar-refractivity contribution < 1.29 is 31.5 Å². The van der Waals surface area contributed by atoms with Crippen LogP contribution in [0.2, 0.25) is 0 Å². The van der Waals surface area contributed by atoms with Gasteiger partial charge in [-0.2, -0.15) is 13.2 Å². The van der Waals surface area contributed by atoms with Crippen molar-refractivity contribution in [2.75, 3.05) is 11.1 Å². The lowest BCUT2D eigenvalue weighted by molar-refractivity contribution is -0.270. The number of amides is 1. The first-order chi connectivity index (χ1) is 15.8. The average Bonchev–Trinajstić information content (AvgIpc) is 3.55. The summed E-state index contributed by atoms with van der Waals surface area (Å²) in [6.45, 7) is 3.57. The van der Waals surface area contributed by atoms with E-state index >= 15 is 0 Å². The van der Waals surface area contributed by atoms with Gasteiger partial charge in [-0.05, 0) is 66.8 Å². The number of halogens is 3. The Bertz CT molecular complexity index is 1100. The molecule has 1 unspecified atom stereocenters. The van der Waals surface area contributed by atoms with Crippen LogP contribution in [0.1, 0.15) is 50.7 Å². The van der Waals surface area contributed by atoms with E-state index in [4.69, 9.17) is 0 Å². The number of nitrogens with one attached hydrogen (secondary N) is 1. The number of anilines is 1. The van der Waals surface area contributed by atoms with E-state index in [1.54, 1.807) is 13.8 Å². The summed E-state index contributed by atoms with van der Waals surface area (Å²) in [7, 11) is -3.44. The number of hydrogen-bond donors (Lipinski definition) is 2. The van der Waals surface area contributed by atoms with Crippen molar-refractivity contribution in [2.45, 2.75) is 62.8 Å². The van der Waals surface area contributed by atoms with Crippen LogP contribution in [0.3, 0.4) is 0 Å². The smallest absolute Gasteiger partial charge is 0.376 e. The Morgan fingerprint density at radius 3 is 2.29 bits per heavy atom. The van der Waals surface area contributed by atoms with Crippen LogP contribution in [-0.2, 0) is 26.7 Å². The zero-order valence-corrected chi connectivity index (χ0v) is 19.9. The number of aliphatic hydroxyl groups is 1. The summed E-state index contributed by atoms with van der Waals surface area (Å²) in [6.07, 6.45) is -2.03. The third-order valence-corrected chi connectivity index (χ3v) is 7.62. The van der Waals surface area contributed by atoms with E-state index in [0.717, 1.165) is 25.0 Å². The van der Waals surface area contributed by atoms with Gasteiger partial charge in [0.15, 0.2) is 20.5 Å². The summed E-state index contributed by atoms with van der Waals surface area (Å²) in [5.74, 6) is -0.161. The van der Waals surface area contributed by atoms with Gasteiger partial charge in [0.2, 0.25) is 5.91 Å². The summed E-state index contributed by atoms with van der Waals surface area (Å²) >= 11 is 0. The Hall–Kier alpha value is -2.46. The van der Waals surface area contributed by atoms with Crippen molar-refractivity contribution in [1.29, 1.82) is 0 Å². The lowest BCUT2D eigenvalue weighted by Crippen LogP contribution is -2.42. The van der Waals surface area contributed by atoms with Crippen LogP contribution in [0.4, 0.5) is 18.9 Å². The molecule has 1 aliphatic carbocycles. The molecule has 0 spiro atoms. The van der Waals surface area contributed by atoms with Gasteiger partial charge in [-0.3, -0.25) is 4.79 Å². The summed E-state index contributed by atoms with van der Waals surface area (Å²) in [4.78, 5) is 16.3. The zero-order chi connectivity index (χ0) is 25.1. The molecule has 0 saturated heterocycles. The van der Waals surface area contributed by atoms with E-state index in [-0.39, 0.29) is 46.7 Å².